The minimum atomic E-state index is -0.570. The Morgan fingerprint density at radius 3 is 2.75 bits per heavy atom. The first-order valence-corrected chi connectivity index (χ1v) is 9.63. The lowest BCUT2D eigenvalue weighted by Gasteiger charge is -2.07. The van der Waals surface area contributed by atoms with Gasteiger partial charge >= 0.3 is 5.97 Å². The summed E-state index contributed by atoms with van der Waals surface area (Å²) >= 11 is 1.55. The summed E-state index contributed by atoms with van der Waals surface area (Å²) in [5.74, 6) is -0.947. The van der Waals surface area contributed by atoms with Gasteiger partial charge in [-0.15, -0.1) is 11.3 Å². The van der Waals surface area contributed by atoms with Crippen molar-refractivity contribution in [3.8, 4) is 5.13 Å². The lowest BCUT2D eigenvalue weighted by atomic mass is 10.2. The smallest absolute Gasteiger partial charge is 0.331 e. The maximum atomic E-state index is 12.0. The number of esters is 1. The Morgan fingerprint density at radius 1 is 1.25 bits per heavy atom. The lowest BCUT2D eigenvalue weighted by molar-refractivity contribution is -0.142. The number of aromatic nitrogens is 2. The Kier molecular flexibility index (Phi) is 6.06. The first-order valence-electron chi connectivity index (χ1n) is 8.75. The predicted molar refractivity (Wildman–Crippen MR) is 111 cm³/mol. The van der Waals surface area contributed by atoms with Crippen LogP contribution >= 0.6 is 11.3 Å². The van der Waals surface area contributed by atoms with Gasteiger partial charge in [0.2, 0.25) is 0 Å². The molecular formula is C21H21N3O3S. The van der Waals surface area contributed by atoms with Gasteiger partial charge in [-0.2, -0.15) is 0 Å². The molecule has 0 fully saturated rings. The minimum absolute atomic E-state index is 0.338. The number of anilines is 1. The fourth-order valence-electron chi connectivity index (χ4n) is 2.82. The number of hydrogen-bond acceptors (Lipinski definition) is 5. The quantitative estimate of drug-likeness (QED) is 0.505. The Morgan fingerprint density at radius 2 is 2.04 bits per heavy atom. The summed E-state index contributed by atoms with van der Waals surface area (Å²) in [5.41, 5.74) is 4.55. The summed E-state index contributed by atoms with van der Waals surface area (Å²) in [6.07, 6.45) is 4.77. The van der Waals surface area contributed by atoms with Crippen LogP contribution in [0.4, 0.5) is 5.69 Å². The molecule has 3 rings (SSSR count). The number of benzene rings is 1. The maximum absolute atomic E-state index is 12.0. The third-order valence-corrected chi connectivity index (χ3v) is 5.00. The summed E-state index contributed by atoms with van der Waals surface area (Å²) < 4.78 is 7.06. The van der Waals surface area contributed by atoms with Gasteiger partial charge in [0.05, 0.1) is 0 Å². The molecule has 28 heavy (non-hydrogen) atoms. The Hall–Kier alpha value is -3.19. The fraction of sp³-hybridized carbons (Fsp3) is 0.190. The highest BCUT2D eigenvalue weighted by atomic mass is 32.1. The maximum Gasteiger partial charge on any atom is 0.331 e. The van der Waals surface area contributed by atoms with Gasteiger partial charge in [0.25, 0.3) is 5.91 Å². The first-order chi connectivity index (χ1) is 13.5. The molecule has 6 nitrogen and oxygen atoms in total. The second kappa shape index (κ2) is 8.67. The zero-order valence-corrected chi connectivity index (χ0v) is 16.7. The van der Waals surface area contributed by atoms with Gasteiger partial charge in [0.15, 0.2) is 11.7 Å². The Bertz CT molecular complexity index is 1020. The van der Waals surface area contributed by atoms with Crippen LogP contribution in [0, 0.1) is 20.8 Å². The lowest BCUT2D eigenvalue weighted by Crippen LogP contribution is -2.20. The van der Waals surface area contributed by atoms with E-state index in [0.29, 0.717) is 5.69 Å². The molecule has 0 atom stereocenters. The van der Waals surface area contributed by atoms with Crippen LogP contribution in [0.1, 0.15) is 22.5 Å². The molecule has 0 aliphatic heterocycles. The molecule has 0 spiro atoms. The van der Waals surface area contributed by atoms with Crippen LogP contribution in [0.3, 0.4) is 0 Å². The van der Waals surface area contributed by atoms with Crippen molar-refractivity contribution in [3.05, 3.63) is 70.5 Å². The van der Waals surface area contributed by atoms with E-state index in [-0.39, 0.29) is 12.5 Å². The summed E-state index contributed by atoms with van der Waals surface area (Å²) in [6, 6.07) is 9.39. The van der Waals surface area contributed by atoms with Crippen molar-refractivity contribution in [2.75, 3.05) is 11.9 Å². The average molecular weight is 395 g/mol. The number of thiazole rings is 1. The minimum Gasteiger partial charge on any atom is -0.452 e. The molecule has 1 N–H and O–H groups in total. The number of rotatable bonds is 6. The Balaban J connectivity index is 1.58. The monoisotopic (exact) mass is 395 g/mol. The number of hydrogen-bond donors (Lipinski definition) is 1. The van der Waals surface area contributed by atoms with Crippen LogP contribution in [0.15, 0.2) is 48.0 Å². The normalized spacial score (nSPS) is 11.0. The third-order valence-electron chi connectivity index (χ3n) is 4.24. The zero-order chi connectivity index (χ0) is 20.1. The third kappa shape index (κ3) is 4.55. The molecule has 2 heterocycles. The summed E-state index contributed by atoms with van der Waals surface area (Å²) in [7, 11) is 0. The van der Waals surface area contributed by atoms with Crippen molar-refractivity contribution in [3.63, 3.8) is 0 Å². The predicted octanol–water partition coefficient (Wildman–Crippen LogP) is 4.05. The highest BCUT2D eigenvalue weighted by molar-refractivity contribution is 7.12. The molecule has 0 saturated carbocycles. The van der Waals surface area contributed by atoms with Gasteiger partial charge < -0.3 is 10.1 Å². The first kappa shape index (κ1) is 19.6. The van der Waals surface area contributed by atoms with E-state index in [9.17, 15) is 9.59 Å². The molecule has 0 bridgehead atoms. The fourth-order valence-corrected chi connectivity index (χ4v) is 3.57. The van der Waals surface area contributed by atoms with Gasteiger partial charge in [0.1, 0.15) is 0 Å². The van der Waals surface area contributed by atoms with Gasteiger partial charge in [-0.05, 0) is 50.1 Å². The van der Waals surface area contributed by atoms with E-state index < -0.39 is 5.97 Å². The SMILES string of the molecule is Cc1ccccc1NC(=O)COC(=O)/C=C/c1cc(C)n(-c2nccs2)c1C. The van der Waals surface area contributed by atoms with E-state index in [1.54, 1.807) is 29.7 Å². The molecule has 0 aliphatic carbocycles. The second-order valence-corrected chi connectivity index (χ2v) is 7.15. The van der Waals surface area contributed by atoms with E-state index in [4.69, 9.17) is 4.74 Å². The number of nitrogens with one attached hydrogen (secondary N) is 1. The number of amides is 1. The number of aryl methyl sites for hydroxylation is 2. The van der Waals surface area contributed by atoms with Gasteiger partial charge in [0, 0.05) is 34.7 Å². The molecule has 1 aromatic carbocycles. The van der Waals surface area contributed by atoms with Gasteiger partial charge in [-0.1, -0.05) is 18.2 Å². The van der Waals surface area contributed by atoms with Crippen LogP contribution in [-0.2, 0) is 14.3 Å². The van der Waals surface area contributed by atoms with Crippen LogP contribution in [0.2, 0.25) is 0 Å². The summed E-state index contributed by atoms with van der Waals surface area (Å²) in [5, 5.41) is 5.52. The number of nitrogens with zero attached hydrogens (tertiary/aromatic N) is 2. The van der Waals surface area contributed by atoms with Gasteiger partial charge in [-0.3, -0.25) is 9.36 Å². The molecule has 7 heteroatoms. The molecule has 0 unspecified atom stereocenters. The number of para-hydroxylation sites is 1. The van der Waals surface area contributed by atoms with Gasteiger partial charge in [-0.25, -0.2) is 9.78 Å². The number of ether oxygens (including phenoxy) is 1. The van der Waals surface area contributed by atoms with Crippen molar-refractivity contribution in [1.29, 1.82) is 0 Å². The zero-order valence-electron chi connectivity index (χ0n) is 15.9. The summed E-state index contributed by atoms with van der Waals surface area (Å²) in [6.45, 7) is 5.51. The molecule has 2 aromatic heterocycles. The van der Waals surface area contributed by atoms with E-state index in [2.05, 4.69) is 10.3 Å². The summed E-state index contributed by atoms with van der Waals surface area (Å²) in [4.78, 5) is 28.2. The molecule has 0 saturated heterocycles. The molecule has 0 radical (unpaired) electrons. The van der Waals surface area contributed by atoms with Crippen LogP contribution in [-0.4, -0.2) is 28.0 Å². The molecule has 144 valence electrons. The van der Waals surface area contributed by atoms with Crippen molar-refractivity contribution in [2.45, 2.75) is 20.8 Å². The molecule has 1 amide bonds. The van der Waals surface area contributed by atoms with Crippen molar-refractivity contribution in [1.82, 2.24) is 9.55 Å². The molecule has 0 aliphatic rings. The number of carbonyl (C=O) groups excluding carboxylic acids is 2. The molecule has 3 aromatic rings. The average Bonchev–Trinajstić information content (AvgIpc) is 3.28. The highest BCUT2D eigenvalue weighted by Gasteiger charge is 2.11. The second-order valence-electron chi connectivity index (χ2n) is 6.28. The van der Waals surface area contributed by atoms with E-state index in [1.807, 2.05) is 55.0 Å². The Labute approximate surface area is 167 Å². The molecular weight excluding hydrogens is 374 g/mol. The van der Waals surface area contributed by atoms with Crippen molar-refractivity contribution >= 4 is 35.0 Å². The van der Waals surface area contributed by atoms with Crippen LogP contribution < -0.4 is 5.32 Å². The number of carbonyl (C=O) groups is 2. The van der Waals surface area contributed by atoms with Crippen LogP contribution in [0.25, 0.3) is 11.2 Å². The van der Waals surface area contributed by atoms with Crippen LogP contribution in [0.5, 0.6) is 0 Å². The largest absolute Gasteiger partial charge is 0.452 e. The van der Waals surface area contributed by atoms with E-state index >= 15 is 0 Å². The van der Waals surface area contributed by atoms with E-state index in [1.165, 1.54) is 6.08 Å². The standard InChI is InChI=1S/C21H21N3O3S/c1-14-6-4-5-7-18(14)23-19(25)13-27-20(26)9-8-17-12-15(2)24(16(17)3)21-22-10-11-28-21/h4-12H,13H2,1-3H3,(H,23,25)/b9-8+. The van der Waals surface area contributed by atoms with Crippen molar-refractivity contribution in [2.24, 2.45) is 0 Å². The highest BCUT2D eigenvalue weighted by Crippen LogP contribution is 2.23. The van der Waals surface area contributed by atoms with E-state index in [0.717, 1.165) is 27.6 Å². The van der Waals surface area contributed by atoms with Crippen molar-refractivity contribution < 1.29 is 14.3 Å². The topological polar surface area (TPSA) is 73.2 Å².